The van der Waals surface area contributed by atoms with Crippen molar-refractivity contribution in [2.24, 2.45) is 0 Å². The molecule has 0 bridgehead atoms. The van der Waals surface area contributed by atoms with Crippen molar-refractivity contribution in [2.75, 3.05) is 0 Å². The second-order valence-corrected chi connectivity index (χ2v) is 7.04. The molecule has 3 aromatic rings. The summed E-state index contributed by atoms with van der Waals surface area (Å²) < 4.78 is 36.2. The normalized spacial score (nSPS) is 10.3. The zero-order chi connectivity index (χ0) is 17.4. The summed E-state index contributed by atoms with van der Waals surface area (Å²) in [6.45, 7) is 0. The third kappa shape index (κ3) is 7.72. The van der Waals surface area contributed by atoms with Crippen LogP contribution in [0, 0.1) is 0 Å². The fraction of sp³-hybridized carbons (Fsp3) is 0.0526. The van der Waals surface area contributed by atoms with Gasteiger partial charge >= 0.3 is 72.4 Å². The maximum atomic E-state index is 12.0. The molecule has 25 heavy (non-hydrogen) atoms. The predicted octanol–water partition coefficient (Wildman–Crippen LogP) is 1.20. The number of rotatable bonds is 2. The molecule has 0 spiro atoms. The van der Waals surface area contributed by atoms with E-state index in [1.54, 1.807) is 6.07 Å². The molecule has 0 unspecified atom stereocenters. The minimum Gasteiger partial charge on any atom is -1.00 e. The fourth-order valence-electron chi connectivity index (χ4n) is 1.88. The largest absolute Gasteiger partial charge is 1.00 e. The van der Waals surface area contributed by atoms with Gasteiger partial charge < -0.3 is 12.4 Å². The van der Waals surface area contributed by atoms with Crippen LogP contribution in [0.25, 0.3) is 0 Å². The Morgan fingerprint density at radius 3 is 1.40 bits per heavy atom. The van der Waals surface area contributed by atoms with Crippen molar-refractivity contribution in [2.45, 2.75) is 6.18 Å². The van der Waals surface area contributed by atoms with E-state index in [4.69, 9.17) is 0 Å². The van der Waals surface area contributed by atoms with Gasteiger partial charge in [0.2, 0.25) is 0 Å². The third-order valence-electron chi connectivity index (χ3n) is 2.99. The van der Waals surface area contributed by atoms with Crippen molar-refractivity contribution in [3.63, 3.8) is 0 Å². The molecule has 0 atom stereocenters. The molecule has 3 aromatic carbocycles. The van der Waals surface area contributed by atoms with Crippen LogP contribution in [0.5, 0.6) is 0 Å². The quantitative estimate of drug-likeness (QED) is 0.388. The first-order valence-corrected chi connectivity index (χ1v) is 8.90. The topological polar surface area (TPSA) is 0 Å². The maximum absolute atomic E-state index is 12.0. The Morgan fingerprint density at radius 1 is 0.640 bits per heavy atom. The molecule has 0 saturated heterocycles. The number of benzene rings is 3. The standard InChI is InChI=1S/C12H11P.C7H4F3.ClH.Pd/c1-3-7-11(8-4-1)13-12-9-5-2-6-10-12;8-7(9,10)6-4-2-1-3-5-6;;/h1-10,13H;1-4H;1H;/q;;;+1/p-1. The monoisotopic (exact) mass is 472 g/mol. The van der Waals surface area contributed by atoms with E-state index in [1.165, 1.54) is 22.7 Å². The number of halogens is 4. The molecule has 3 rings (SSSR count). The van der Waals surface area contributed by atoms with Gasteiger partial charge in [-0.15, -0.1) is 0 Å². The van der Waals surface area contributed by atoms with Crippen LogP contribution in [-0.2, 0) is 25.4 Å². The van der Waals surface area contributed by atoms with E-state index in [0.29, 0.717) is 0 Å². The van der Waals surface area contributed by atoms with Gasteiger partial charge in [-0.25, -0.2) is 0 Å². The average molecular weight is 473 g/mol. The van der Waals surface area contributed by atoms with Crippen molar-refractivity contribution in [1.82, 2.24) is 0 Å². The molecule has 0 aliphatic rings. The summed E-state index contributed by atoms with van der Waals surface area (Å²) in [6, 6.07) is 26.5. The van der Waals surface area contributed by atoms with Crippen LogP contribution in [0.1, 0.15) is 5.56 Å². The Balaban J connectivity index is 0.000000244. The summed E-state index contributed by atoms with van der Waals surface area (Å²) in [7, 11) is 0.777. The molecule has 0 aliphatic carbocycles. The summed E-state index contributed by atoms with van der Waals surface area (Å²) in [5.41, 5.74) is -0.622. The predicted molar refractivity (Wildman–Crippen MR) is 91.5 cm³/mol. The van der Waals surface area contributed by atoms with E-state index in [-0.39, 0.29) is 16.4 Å². The molecule has 0 aromatic heterocycles. The van der Waals surface area contributed by atoms with Crippen molar-refractivity contribution in [3.8, 4) is 0 Å². The SMILES string of the molecule is FC(F)(F)c1cccc[c]1[Pd+].[Cl-].c1ccc(Pc2ccccc2)cc1. The zero-order valence-electron chi connectivity index (χ0n) is 12.9. The van der Waals surface area contributed by atoms with Crippen molar-refractivity contribution < 1.29 is 44.8 Å². The van der Waals surface area contributed by atoms with Gasteiger partial charge in [-0.3, -0.25) is 0 Å². The summed E-state index contributed by atoms with van der Waals surface area (Å²) in [6.07, 6.45) is -4.25. The smallest absolute Gasteiger partial charge is 0.0226 e. The van der Waals surface area contributed by atoms with Crippen molar-refractivity contribution in [3.05, 3.63) is 90.5 Å². The maximum Gasteiger partial charge on any atom is -0.0226 e. The molecule has 0 fully saturated rings. The number of hydrogen-bond acceptors (Lipinski definition) is 0. The van der Waals surface area contributed by atoms with E-state index in [1.807, 2.05) is 0 Å². The Kier molecular flexibility index (Phi) is 9.40. The van der Waals surface area contributed by atoms with Gasteiger partial charge in [0.25, 0.3) is 0 Å². The summed E-state index contributed by atoms with van der Waals surface area (Å²) in [4.78, 5) is 0. The van der Waals surface area contributed by atoms with Gasteiger partial charge in [0.1, 0.15) is 0 Å². The Hall–Kier alpha value is -1.17. The van der Waals surface area contributed by atoms with E-state index < -0.39 is 11.7 Å². The first kappa shape index (κ1) is 21.9. The Morgan fingerprint density at radius 2 is 1.04 bits per heavy atom. The summed E-state index contributed by atoms with van der Waals surface area (Å²) in [5.74, 6) is 0. The van der Waals surface area contributed by atoms with E-state index in [2.05, 4.69) is 79.9 Å². The molecule has 0 heterocycles. The van der Waals surface area contributed by atoms with E-state index in [9.17, 15) is 13.2 Å². The minimum absolute atomic E-state index is 0. The van der Waals surface area contributed by atoms with Crippen LogP contribution >= 0.6 is 8.58 Å². The van der Waals surface area contributed by atoms with Crippen LogP contribution in [0.3, 0.4) is 0 Å². The third-order valence-corrected chi connectivity index (χ3v) is 4.91. The summed E-state index contributed by atoms with van der Waals surface area (Å²) in [5, 5.41) is 2.79. The average Bonchev–Trinajstić information content (AvgIpc) is 2.57. The molecule has 0 aliphatic heterocycles. The molecule has 0 N–H and O–H groups in total. The molecule has 134 valence electrons. The van der Waals surface area contributed by atoms with Gasteiger partial charge in [-0.2, -0.15) is 0 Å². The Labute approximate surface area is 164 Å². The second kappa shape index (κ2) is 10.7. The molecule has 6 heteroatoms. The molecular formula is C19H15ClF3PPd. The number of alkyl halides is 3. The zero-order valence-corrected chi connectivity index (χ0v) is 16.2. The molecule has 0 saturated carbocycles. The molecule has 0 radical (unpaired) electrons. The first-order chi connectivity index (χ1) is 11.5. The Bertz CT molecular complexity index is 712. The van der Waals surface area contributed by atoms with Crippen LogP contribution in [0.4, 0.5) is 13.2 Å². The number of hydrogen-bond donors (Lipinski definition) is 0. The van der Waals surface area contributed by atoms with Crippen LogP contribution < -0.4 is 27.1 Å². The van der Waals surface area contributed by atoms with Gasteiger partial charge in [-0.1, -0.05) is 69.2 Å². The second-order valence-electron chi connectivity index (χ2n) is 4.80. The molecule has 0 nitrogen and oxygen atoms in total. The fourth-order valence-corrected chi connectivity index (χ4v) is 3.43. The van der Waals surface area contributed by atoms with Crippen LogP contribution in [-0.4, -0.2) is 0 Å². The molecule has 0 amide bonds. The van der Waals surface area contributed by atoms with Crippen LogP contribution in [0.15, 0.2) is 84.9 Å². The van der Waals surface area contributed by atoms with Gasteiger partial charge in [0.15, 0.2) is 0 Å². The van der Waals surface area contributed by atoms with Gasteiger partial charge in [0, 0.05) is 0 Å². The van der Waals surface area contributed by atoms with E-state index >= 15 is 0 Å². The van der Waals surface area contributed by atoms with E-state index in [0.717, 1.165) is 14.6 Å². The van der Waals surface area contributed by atoms with Gasteiger partial charge in [0.05, 0.1) is 0 Å². The van der Waals surface area contributed by atoms with Crippen LogP contribution in [0.2, 0.25) is 0 Å². The van der Waals surface area contributed by atoms with Crippen molar-refractivity contribution in [1.29, 1.82) is 0 Å². The first-order valence-electron chi connectivity index (χ1n) is 7.12. The van der Waals surface area contributed by atoms with Gasteiger partial charge in [-0.05, 0) is 10.6 Å². The minimum atomic E-state index is -4.25. The van der Waals surface area contributed by atoms with Crippen molar-refractivity contribution >= 4 is 23.2 Å². The molecular weight excluding hydrogens is 458 g/mol. The summed E-state index contributed by atoms with van der Waals surface area (Å²) >= 11 is 2.54.